The van der Waals surface area contributed by atoms with Gasteiger partial charge in [-0.3, -0.25) is 4.79 Å². The Bertz CT molecular complexity index is 436. The smallest absolute Gasteiger partial charge is 0.151 e. The summed E-state index contributed by atoms with van der Waals surface area (Å²) in [5.74, 6) is 0. The van der Waals surface area contributed by atoms with Crippen molar-refractivity contribution in [3.05, 3.63) is 27.6 Å². The minimum absolute atomic E-state index is 0.611. The molecule has 0 saturated carbocycles. The van der Waals surface area contributed by atoms with Crippen LogP contribution in [-0.2, 0) is 0 Å². The third-order valence-corrected chi connectivity index (χ3v) is 2.53. The molecule has 4 heteroatoms. The molecule has 0 atom stereocenters. The van der Waals surface area contributed by atoms with Crippen LogP contribution >= 0.6 is 22.6 Å². The maximum Gasteiger partial charge on any atom is 0.151 e. The number of H-pyrrole nitrogens is 1. The van der Waals surface area contributed by atoms with E-state index in [0.717, 1.165) is 20.9 Å². The van der Waals surface area contributed by atoms with Gasteiger partial charge in [0.2, 0.25) is 0 Å². The van der Waals surface area contributed by atoms with E-state index in [9.17, 15) is 4.79 Å². The van der Waals surface area contributed by atoms with Crippen LogP contribution in [-0.4, -0.2) is 16.3 Å². The molecule has 0 saturated heterocycles. The second-order valence-corrected chi connectivity index (χ2v) is 3.58. The van der Waals surface area contributed by atoms with Gasteiger partial charge in [-0.05, 0) is 28.7 Å². The first-order valence-corrected chi connectivity index (χ1v) is 4.47. The van der Waals surface area contributed by atoms with Crippen molar-refractivity contribution in [1.82, 2.24) is 9.97 Å². The third-order valence-electron chi connectivity index (χ3n) is 1.64. The number of halogens is 1. The SMILES string of the molecule is O=Cc1cnc2[nH]cc(I)c2c1. The summed E-state index contributed by atoms with van der Waals surface area (Å²) in [4.78, 5) is 17.5. The summed E-state index contributed by atoms with van der Waals surface area (Å²) in [5.41, 5.74) is 1.44. The van der Waals surface area contributed by atoms with Crippen LogP contribution in [0.25, 0.3) is 11.0 Å². The molecule has 2 aromatic heterocycles. The van der Waals surface area contributed by atoms with Crippen molar-refractivity contribution in [1.29, 1.82) is 0 Å². The van der Waals surface area contributed by atoms with E-state index in [4.69, 9.17) is 0 Å². The Hall–Kier alpha value is -0.910. The highest BCUT2D eigenvalue weighted by atomic mass is 127. The van der Waals surface area contributed by atoms with Gasteiger partial charge in [-0.25, -0.2) is 4.98 Å². The van der Waals surface area contributed by atoms with Crippen molar-refractivity contribution in [3.63, 3.8) is 0 Å². The number of hydrogen-bond donors (Lipinski definition) is 1. The molecule has 60 valence electrons. The topological polar surface area (TPSA) is 45.8 Å². The molecule has 0 amide bonds. The molecule has 0 fully saturated rings. The molecule has 0 spiro atoms. The third kappa shape index (κ3) is 1.12. The quantitative estimate of drug-likeness (QED) is 0.637. The van der Waals surface area contributed by atoms with E-state index in [0.29, 0.717) is 5.56 Å². The van der Waals surface area contributed by atoms with Gasteiger partial charge < -0.3 is 4.98 Å². The van der Waals surface area contributed by atoms with E-state index >= 15 is 0 Å². The number of rotatable bonds is 1. The van der Waals surface area contributed by atoms with Crippen LogP contribution < -0.4 is 0 Å². The zero-order valence-electron chi connectivity index (χ0n) is 6.04. The number of aldehydes is 1. The lowest BCUT2D eigenvalue weighted by Crippen LogP contribution is -1.82. The molecule has 0 aromatic carbocycles. The molecular weight excluding hydrogens is 267 g/mol. The van der Waals surface area contributed by atoms with Crippen molar-refractivity contribution in [3.8, 4) is 0 Å². The van der Waals surface area contributed by atoms with Crippen molar-refractivity contribution in [2.75, 3.05) is 0 Å². The van der Waals surface area contributed by atoms with Gasteiger partial charge in [0.25, 0.3) is 0 Å². The zero-order chi connectivity index (χ0) is 8.55. The monoisotopic (exact) mass is 272 g/mol. The summed E-state index contributed by atoms with van der Waals surface area (Å²) in [6, 6.07) is 1.83. The predicted molar refractivity (Wildman–Crippen MR) is 54.2 cm³/mol. The maximum atomic E-state index is 10.4. The summed E-state index contributed by atoms with van der Waals surface area (Å²) in [5, 5.41) is 1.00. The fourth-order valence-corrected chi connectivity index (χ4v) is 1.62. The molecule has 2 rings (SSSR count). The summed E-state index contributed by atoms with van der Waals surface area (Å²) >= 11 is 2.20. The number of hydrogen-bond acceptors (Lipinski definition) is 2. The van der Waals surface area contributed by atoms with Crippen LogP contribution in [0.3, 0.4) is 0 Å². The Morgan fingerprint density at radius 1 is 1.58 bits per heavy atom. The Morgan fingerprint density at radius 3 is 3.17 bits per heavy atom. The minimum atomic E-state index is 0.611. The minimum Gasteiger partial charge on any atom is -0.345 e. The lowest BCUT2D eigenvalue weighted by Gasteiger charge is -1.90. The summed E-state index contributed by atoms with van der Waals surface area (Å²) in [6.45, 7) is 0. The first kappa shape index (κ1) is 7.72. The zero-order valence-corrected chi connectivity index (χ0v) is 8.20. The summed E-state index contributed by atoms with van der Waals surface area (Å²) in [6.07, 6.45) is 4.23. The van der Waals surface area contributed by atoms with Gasteiger partial charge in [-0.15, -0.1) is 0 Å². The second kappa shape index (κ2) is 2.85. The molecule has 0 aliphatic heterocycles. The number of fused-ring (bicyclic) bond motifs is 1. The van der Waals surface area contributed by atoms with Crippen molar-refractivity contribution in [2.24, 2.45) is 0 Å². The Balaban J connectivity index is 2.79. The van der Waals surface area contributed by atoms with Crippen LogP contribution in [0.1, 0.15) is 10.4 Å². The van der Waals surface area contributed by atoms with Crippen LogP contribution in [0.2, 0.25) is 0 Å². The molecule has 0 aliphatic rings. The summed E-state index contributed by atoms with van der Waals surface area (Å²) in [7, 11) is 0. The van der Waals surface area contributed by atoms with Gasteiger partial charge in [0, 0.05) is 26.9 Å². The molecular formula is C8H5IN2O. The normalized spacial score (nSPS) is 10.4. The molecule has 12 heavy (non-hydrogen) atoms. The van der Waals surface area contributed by atoms with Gasteiger partial charge >= 0.3 is 0 Å². The molecule has 2 aromatic rings. The average molecular weight is 272 g/mol. The van der Waals surface area contributed by atoms with Gasteiger partial charge in [0.05, 0.1) is 0 Å². The highest BCUT2D eigenvalue weighted by Gasteiger charge is 2.01. The second-order valence-electron chi connectivity index (χ2n) is 2.42. The first-order valence-electron chi connectivity index (χ1n) is 3.39. The van der Waals surface area contributed by atoms with Gasteiger partial charge in [0.1, 0.15) is 5.65 Å². The number of carbonyl (C=O) groups excluding carboxylic acids is 1. The predicted octanol–water partition coefficient (Wildman–Crippen LogP) is 1.98. The van der Waals surface area contributed by atoms with E-state index in [1.165, 1.54) is 0 Å². The molecule has 2 heterocycles. The summed E-state index contributed by atoms with van der Waals surface area (Å²) < 4.78 is 1.08. The molecule has 1 N–H and O–H groups in total. The number of nitrogens with zero attached hydrogens (tertiary/aromatic N) is 1. The largest absolute Gasteiger partial charge is 0.345 e. The molecule has 3 nitrogen and oxygen atoms in total. The Morgan fingerprint density at radius 2 is 2.42 bits per heavy atom. The van der Waals surface area contributed by atoms with Gasteiger partial charge in [-0.1, -0.05) is 0 Å². The highest BCUT2D eigenvalue weighted by Crippen LogP contribution is 2.18. The van der Waals surface area contributed by atoms with Crippen LogP contribution in [0.4, 0.5) is 0 Å². The first-order chi connectivity index (χ1) is 5.81. The van der Waals surface area contributed by atoms with E-state index < -0.39 is 0 Å². The Kier molecular flexibility index (Phi) is 1.84. The number of aromatic amines is 1. The van der Waals surface area contributed by atoms with Crippen molar-refractivity contribution < 1.29 is 4.79 Å². The highest BCUT2D eigenvalue weighted by molar-refractivity contribution is 14.1. The molecule has 0 unspecified atom stereocenters. The standard InChI is InChI=1S/C8H5IN2O/c9-7-3-11-8-6(7)1-5(4-12)2-10-8/h1-4H,(H,10,11). The van der Waals surface area contributed by atoms with Crippen molar-refractivity contribution >= 4 is 39.9 Å². The van der Waals surface area contributed by atoms with E-state index in [2.05, 4.69) is 32.6 Å². The number of nitrogens with one attached hydrogen (secondary N) is 1. The van der Waals surface area contributed by atoms with E-state index in [1.807, 2.05) is 12.3 Å². The van der Waals surface area contributed by atoms with E-state index in [1.54, 1.807) is 6.20 Å². The van der Waals surface area contributed by atoms with Crippen LogP contribution in [0, 0.1) is 3.57 Å². The fraction of sp³-hybridized carbons (Fsp3) is 0. The van der Waals surface area contributed by atoms with Gasteiger partial charge in [0.15, 0.2) is 6.29 Å². The lowest BCUT2D eigenvalue weighted by molar-refractivity contribution is 0.112. The van der Waals surface area contributed by atoms with Crippen molar-refractivity contribution in [2.45, 2.75) is 0 Å². The van der Waals surface area contributed by atoms with Gasteiger partial charge in [-0.2, -0.15) is 0 Å². The van der Waals surface area contributed by atoms with Crippen LogP contribution in [0.5, 0.6) is 0 Å². The number of carbonyl (C=O) groups is 1. The van der Waals surface area contributed by atoms with Crippen LogP contribution in [0.15, 0.2) is 18.5 Å². The molecule has 0 aliphatic carbocycles. The van der Waals surface area contributed by atoms with E-state index in [-0.39, 0.29) is 0 Å². The fourth-order valence-electron chi connectivity index (χ4n) is 1.05. The number of aromatic nitrogens is 2. The average Bonchev–Trinajstić information content (AvgIpc) is 2.47. The maximum absolute atomic E-state index is 10.4. The lowest BCUT2D eigenvalue weighted by atomic mass is 10.2. The number of pyridine rings is 1. The Labute approximate surface area is 82.3 Å². The molecule has 0 radical (unpaired) electrons. The molecule has 0 bridgehead atoms.